The van der Waals surface area contributed by atoms with E-state index >= 15 is 0 Å². The Morgan fingerprint density at radius 3 is 2.07 bits per heavy atom. The van der Waals surface area contributed by atoms with Crippen LogP contribution in [0.2, 0.25) is 0 Å². The highest BCUT2D eigenvalue weighted by atomic mass is 19.4. The van der Waals surface area contributed by atoms with Crippen molar-refractivity contribution < 1.29 is 27.6 Å². The smallest absolute Gasteiger partial charge is 0.298 e. The van der Waals surface area contributed by atoms with E-state index in [0.29, 0.717) is 0 Å². The van der Waals surface area contributed by atoms with E-state index in [1.807, 2.05) is 0 Å². The van der Waals surface area contributed by atoms with Crippen molar-refractivity contribution in [2.75, 3.05) is 12.0 Å². The molecule has 0 radical (unpaired) electrons. The van der Waals surface area contributed by atoms with Gasteiger partial charge in [0, 0.05) is 13.0 Å². The normalized spacial score (nSPS) is 13.5. The lowest BCUT2D eigenvalue weighted by Crippen LogP contribution is -2.36. The Morgan fingerprint density at radius 1 is 0.926 bits per heavy atom. The molecule has 9 heteroatoms. The number of halogens is 3. The van der Waals surface area contributed by atoms with Crippen molar-refractivity contribution in [2.45, 2.75) is 12.6 Å². The molecule has 0 bridgehead atoms. The standard InChI is InChI=1S/C18H14F3N3O3/c19-18(20,21)13-7-3-4-8-14(13)22-23-15(25)9-10-24-16(26)11-5-1-2-6-12(11)17(24)27/h1-8,22H,9-10H2,(H,23,25). The van der Waals surface area contributed by atoms with Gasteiger partial charge >= 0.3 is 6.18 Å². The summed E-state index contributed by atoms with van der Waals surface area (Å²) in [6.07, 6.45) is -4.83. The molecule has 6 nitrogen and oxygen atoms in total. The molecule has 0 saturated heterocycles. The van der Waals surface area contributed by atoms with Gasteiger partial charge in [-0.2, -0.15) is 13.2 Å². The number of hydrazine groups is 1. The number of rotatable bonds is 5. The first-order valence-corrected chi connectivity index (χ1v) is 7.95. The number of nitrogens with zero attached hydrogens (tertiary/aromatic N) is 1. The topological polar surface area (TPSA) is 78.5 Å². The summed E-state index contributed by atoms with van der Waals surface area (Å²) < 4.78 is 38.7. The predicted molar refractivity (Wildman–Crippen MR) is 89.6 cm³/mol. The van der Waals surface area contributed by atoms with Crippen molar-refractivity contribution in [3.05, 3.63) is 65.2 Å². The number of para-hydroxylation sites is 1. The molecule has 0 fully saturated rings. The zero-order valence-electron chi connectivity index (χ0n) is 13.8. The van der Waals surface area contributed by atoms with E-state index in [0.717, 1.165) is 11.0 Å². The van der Waals surface area contributed by atoms with Crippen LogP contribution in [0.25, 0.3) is 0 Å². The fraction of sp³-hybridized carbons (Fsp3) is 0.167. The number of fused-ring (bicyclic) bond motifs is 1. The fourth-order valence-electron chi connectivity index (χ4n) is 2.69. The van der Waals surface area contributed by atoms with Crippen LogP contribution in [0.3, 0.4) is 0 Å². The van der Waals surface area contributed by atoms with Crippen molar-refractivity contribution in [3.8, 4) is 0 Å². The van der Waals surface area contributed by atoms with Gasteiger partial charge in [0.05, 0.1) is 22.4 Å². The Kier molecular flexibility index (Phi) is 4.85. The van der Waals surface area contributed by atoms with Crippen LogP contribution >= 0.6 is 0 Å². The highest BCUT2D eigenvalue weighted by molar-refractivity contribution is 6.21. The maximum atomic E-state index is 12.9. The average Bonchev–Trinajstić information content (AvgIpc) is 2.89. The van der Waals surface area contributed by atoms with Gasteiger partial charge in [-0.1, -0.05) is 24.3 Å². The number of carbonyl (C=O) groups is 3. The molecular weight excluding hydrogens is 363 g/mol. The monoisotopic (exact) mass is 377 g/mol. The van der Waals surface area contributed by atoms with Crippen molar-refractivity contribution >= 4 is 23.4 Å². The summed E-state index contributed by atoms with van der Waals surface area (Å²) in [5.74, 6) is -1.67. The molecule has 2 aromatic rings. The predicted octanol–water partition coefficient (Wildman–Crippen LogP) is 2.83. The quantitative estimate of drug-likeness (QED) is 0.621. The summed E-state index contributed by atoms with van der Waals surface area (Å²) in [6, 6.07) is 11.0. The zero-order valence-corrected chi connectivity index (χ0v) is 13.8. The Labute approximate surface area is 151 Å². The van der Waals surface area contributed by atoms with Gasteiger partial charge in [-0.15, -0.1) is 0 Å². The number of carbonyl (C=O) groups excluding carboxylic acids is 3. The minimum Gasteiger partial charge on any atom is -0.298 e. The number of amides is 3. The molecule has 0 atom stereocenters. The van der Waals surface area contributed by atoms with Crippen molar-refractivity contribution in [1.29, 1.82) is 0 Å². The number of anilines is 1. The summed E-state index contributed by atoms with van der Waals surface area (Å²) in [6.45, 7) is -0.180. The van der Waals surface area contributed by atoms with Crippen molar-refractivity contribution in [2.24, 2.45) is 0 Å². The number of nitrogens with one attached hydrogen (secondary N) is 2. The maximum absolute atomic E-state index is 12.9. The molecule has 0 unspecified atom stereocenters. The van der Waals surface area contributed by atoms with Gasteiger partial charge in [-0.05, 0) is 24.3 Å². The number of alkyl halides is 3. The lowest BCUT2D eigenvalue weighted by Gasteiger charge is -2.16. The molecule has 3 amide bonds. The van der Waals surface area contributed by atoms with Crippen LogP contribution in [-0.2, 0) is 11.0 Å². The van der Waals surface area contributed by atoms with Gasteiger partial charge in [0.2, 0.25) is 5.91 Å². The molecule has 1 aliphatic rings. The first-order valence-electron chi connectivity index (χ1n) is 7.95. The second kappa shape index (κ2) is 7.10. The van der Waals surface area contributed by atoms with E-state index in [4.69, 9.17) is 0 Å². The largest absolute Gasteiger partial charge is 0.418 e. The first kappa shape index (κ1) is 18.4. The van der Waals surface area contributed by atoms with Crippen LogP contribution in [0.5, 0.6) is 0 Å². The molecule has 2 aromatic carbocycles. The lowest BCUT2D eigenvalue weighted by atomic mass is 10.1. The molecule has 0 saturated carbocycles. The number of hydrogen-bond donors (Lipinski definition) is 2. The van der Waals surface area contributed by atoms with E-state index in [1.165, 1.54) is 30.3 Å². The van der Waals surface area contributed by atoms with Crippen molar-refractivity contribution in [3.63, 3.8) is 0 Å². The van der Waals surface area contributed by atoms with Crippen LogP contribution in [0, 0.1) is 0 Å². The second-order valence-electron chi connectivity index (χ2n) is 5.77. The highest BCUT2D eigenvalue weighted by Gasteiger charge is 2.35. The summed E-state index contributed by atoms with van der Waals surface area (Å²) in [7, 11) is 0. The van der Waals surface area contributed by atoms with Crippen LogP contribution in [0.15, 0.2) is 48.5 Å². The average molecular weight is 377 g/mol. The van der Waals surface area contributed by atoms with Gasteiger partial charge in [0.25, 0.3) is 11.8 Å². The summed E-state index contributed by atoms with van der Waals surface area (Å²) in [4.78, 5) is 37.2. The molecule has 0 aromatic heterocycles. The molecule has 3 rings (SSSR count). The Morgan fingerprint density at radius 2 is 1.48 bits per heavy atom. The molecule has 1 heterocycles. The van der Waals surface area contributed by atoms with Gasteiger partial charge in [0.1, 0.15) is 0 Å². The van der Waals surface area contributed by atoms with Crippen LogP contribution < -0.4 is 10.9 Å². The molecule has 2 N–H and O–H groups in total. The Balaban J connectivity index is 1.58. The Bertz CT molecular complexity index is 877. The van der Waals surface area contributed by atoms with Gasteiger partial charge in [0.15, 0.2) is 0 Å². The van der Waals surface area contributed by atoms with E-state index in [2.05, 4.69) is 10.9 Å². The molecular formula is C18H14F3N3O3. The van der Waals surface area contributed by atoms with Crippen molar-refractivity contribution in [1.82, 2.24) is 10.3 Å². The molecule has 1 aliphatic heterocycles. The molecule has 0 spiro atoms. The SMILES string of the molecule is O=C(CCN1C(=O)c2ccccc2C1=O)NNc1ccccc1C(F)(F)F. The van der Waals surface area contributed by atoms with Gasteiger partial charge in [-0.3, -0.25) is 30.1 Å². The Hall–Kier alpha value is -3.36. The minimum atomic E-state index is -4.57. The third kappa shape index (κ3) is 3.76. The third-order valence-corrected chi connectivity index (χ3v) is 4.01. The third-order valence-electron chi connectivity index (χ3n) is 4.01. The number of benzene rings is 2. The fourth-order valence-corrected chi connectivity index (χ4v) is 2.69. The van der Waals surface area contributed by atoms with E-state index < -0.39 is 29.5 Å². The molecule has 140 valence electrons. The van der Waals surface area contributed by atoms with Gasteiger partial charge in [-0.25, -0.2) is 0 Å². The van der Waals surface area contributed by atoms with Gasteiger partial charge < -0.3 is 0 Å². The van der Waals surface area contributed by atoms with E-state index in [9.17, 15) is 27.6 Å². The molecule has 27 heavy (non-hydrogen) atoms. The maximum Gasteiger partial charge on any atom is 0.418 e. The minimum absolute atomic E-state index is 0.180. The second-order valence-corrected chi connectivity index (χ2v) is 5.77. The number of hydrogen-bond acceptors (Lipinski definition) is 4. The summed E-state index contributed by atoms with van der Waals surface area (Å²) >= 11 is 0. The lowest BCUT2D eigenvalue weighted by molar-refractivity contribution is -0.137. The van der Waals surface area contributed by atoms with Crippen LogP contribution in [0.1, 0.15) is 32.7 Å². The van der Waals surface area contributed by atoms with E-state index in [1.54, 1.807) is 12.1 Å². The van der Waals surface area contributed by atoms with Crippen LogP contribution in [0.4, 0.5) is 18.9 Å². The summed E-state index contributed by atoms with van der Waals surface area (Å²) in [5.41, 5.74) is 3.67. The van der Waals surface area contributed by atoms with E-state index in [-0.39, 0.29) is 29.8 Å². The highest BCUT2D eigenvalue weighted by Crippen LogP contribution is 2.34. The van der Waals surface area contributed by atoms with Crippen LogP contribution in [-0.4, -0.2) is 29.2 Å². The number of imide groups is 1. The zero-order chi connectivity index (χ0) is 19.6. The first-order chi connectivity index (χ1) is 12.8. The summed E-state index contributed by atoms with van der Waals surface area (Å²) in [5, 5.41) is 0. The molecule has 0 aliphatic carbocycles.